The molecule has 11 heavy (non-hydrogen) atoms. The highest BCUT2D eigenvalue weighted by atomic mass is 16.6. The lowest BCUT2D eigenvalue weighted by Gasteiger charge is -2.11. The van der Waals surface area contributed by atoms with Crippen molar-refractivity contribution in [2.45, 2.75) is 0 Å². The maximum atomic E-state index is 5.09. The van der Waals surface area contributed by atoms with Gasteiger partial charge in [-0.1, -0.05) is 18.2 Å². The predicted octanol–water partition coefficient (Wildman–Crippen LogP) is 1.17. The van der Waals surface area contributed by atoms with E-state index in [4.69, 9.17) is 4.84 Å². The lowest BCUT2D eigenvalue weighted by molar-refractivity contribution is 0.239. The highest BCUT2D eigenvalue weighted by molar-refractivity contribution is 5.75. The Morgan fingerprint density at radius 1 is 1.18 bits per heavy atom. The van der Waals surface area contributed by atoms with Crippen molar-refractivity contribution >= 4 is 14.5 Å². The molecule has 0 saturated heterocycles. The molecule has 2 nitrogen and oxygen atoms in total. The molecule has 1 aromatic rings. The van der Waals surface area contributed by atoms with E-state index in [1.807, 2.05) is 30.3 Å². The van der Waals surface area contributed by atoms with E-state index in [9.17, 15) is 0 Å². The van der Waals surface area contributed by atoms with Gasteiger partial charge in [0.1, 0.15) is 0 Å². The maximum absolute atomic E-state index is 5.09. The molecule has 0 atom stereocenters. The molecule has 3 radical (unpaired) electrons. The fourth-order valence-corrected chi connectivity index (χ4v) is 0.932. The van der Waals surface area contributed by atoms with Crippen LogP contribution in [-0.2, 0) is 0 Å². The number of rotatable bonds is 0. The van der Waals surface area contributed by atoms with Crippen LogP contribution in [0.25, 0.3) is 6.08 Å². The summed E-state index contributed by atoms with van der Waals surface area (Å²) in [5.41, 5.74) is 3.77. The van der Waals surface area contributed by atoms with Gasteiger partial charge in [-0.3, -0.25) is 0 Å². The number of hydrogen-bond acceptors (Lipinski definition) is 2. The molecule has 2 rings (SSSR count). The molecule has 0 amide bonds. The summed E-state index contributed by atoms with van der Waals surface area (Å²) < 4.78 is 0. The minimum atomic E-state index is 0. The van der Waals surface area contributed by atoms with Crippen molar-refractivity contribution in [2.75, 3.05) is 0 Å². The Kier molecular flexibility index (Phi) is 2.21. The van der Waals surface area contributed by atoms with Crippen LogP contribution in [0.15, 0.2) is 30.5 Å². The van der Waals surface area contributed by atoms with Gasteiger partial charge in [0.15, 0.2) is 5.75 Å². The molecule has 0 bridgehead atoms. The van der Waals surface area contributed by atoms with Gasteiger partial charge in [0.2, 0.25) is 0 Å². The molecule has 0 spiro atoms. The van der Waals surface area contributed by atoms with E-state index in [2.05, 4.69) is 5.48 Å². The molecule has 1 N–H and O–H groups in total. The van der Waals surface area contributed by atoms with Crippen molar-refractivity contribution in [3.05, 3.63) is 36.0 Å². The second-order valence-electron chi connectivity index (χ2n) is 2.09. The van der Waals surface area contributed by atoms with Crippen LogP contribution in [0.2, 0.25) is 0 Å². The Morgan fingerprint density at radius 3 is 2.82 bits per heavy atom. The number of fused-ring (bicyclic) bond motifs is 1. The van der Waals surface area contributed by atoms with Gasteiger partial charge in [0, 0.05) is 20.2 Å². The van der Waals surface area contributed by atoms with Crippen molar-refractivity contribution < 1.29 is 4.84 Å². The summed E-state index contributed by atoms with van der Waals surface area (Å²) in [6.45, 7) is 0. The number of nitrogens with one attached hydrogen (secondary N) is 1. The van der Waals surface area contributed by atoms with E-state index in [-0.39, 0.29) is 8.41 Å². The Bertz CT molecular complexity index is 273. The van der Waals surface area contributed by atoms with Crippen LogP contribution in [-0.4, -0.2) is 8.41 Å². The molecule has 1 heterocycles. The van der Waals surface area contributed by atoms with Crippen molar-refractivity contribution in [3.8, 4) is 5.75 Å². The van der Waals surface area contributed by atoms with Gasteiger partial charge in [0.25, 0.3) is 0 Å². The first-order valence-corrected chi connectivity index (χ1v) is 3.15. The third-order valence-electron chi connectivity index (χ3n) is 1.42. The fourth-order valence-electron chi connectivity index (χ4n) is 0.932. The minimum absolute atomic E-state index is 0. The van der Waals surface area contributed by atoms with Crippen LogP contribution in [0, 0.1) is 0 Å². The van der Waals surface area contributed by atoms with Gasteiger partial charge in [-0.25, -0.2) is 5.48 Å². The molecular formula is C8H7BNO. The van der Waals surface area contributed by atoms with Crippen molar-refractivity contribution in [1.82, 2.24) is 5.48 Å². The van der Waals surface area contributed by atoms with E-state index >= 15 is 0 Å². The van der Waals surface area contributed by atoms with Crippen LogP contribution in [0.3, 0.4) is 0 Å². The summed E-state index contributed by atoms with van der Waals surface area (Å²) in [4.78, 5) is 5.09. The highest BCUT2D eigenvalue weighted by Gasteiger charge is 2.01. The number of hydrogen-bond donors (Lipinski definition) is 1. The van der Waals surface area contributed by atoms with Crippen molar-refractivity contribution in [1.29, 1.82) is 0 Å². The number of benzene rings is 1. The molecule has 1 aliphatic rings. The molecule has 1 aromatic carbocycles. The van der Waals surface area contributed by atoms with Gasteiger partial charge in [0.05, 0.1) is 0 Å². The lowest BCUT2D eigenvalue weighted by atomic mass is 10.2. The zero-order valence-electron chi connectivity index (χ0n) is 5.95. The molecule has 3 heteroatoms. The highest BCUT2D eigenvalue weighted by Crippen LogP contribution is 2.20. The topological polar surface area (TPSA) is 21.3 Å². The summed E-state index contributed by atoms with van der Waals surface area (Å²) >= 11 is 0. The quantitative estimate of drug-likeness (QED) is 0.551. The van der Waals surface area contributed by atoms with Crippen molar-refractivity contribution in [2.24, 2.45) is 0 Å². The maximum Gasteiger partial charge on any atom is 0.162 e. The second kappa shape index (κ2) is 3.15. The fraction of sp³-hybridized carbons (Fsp3) is 0. The normalized spacial score (nSPS) is 12.0. The average Bonchev–Trinajstić information content (AvgIpc) is 2.05. The average molecular weight is 144 g/mol. The molecular weight excluding hydrogens is 137 g/mol. The predicted molar refractivity (Wildman–Crippen MR) is 45.0 cm³/mol. The second-order valence-corrected chi connectivity index (χ2v) is 2.09. The van der Waals surface area contributed by atoms with Crippen LogP contribution in [0.4, 0.5) is 0 Å². The van der Waals surface area contributed by atoms with Crippen LogP contribution < -0.4 is 10.3 Å². The zero-order valence-corrected chi connectivity index (χ0v) is 5.95. The monoisotopic (exact) mass is 144 g/mol. The Labute approximate surface area is 67.4 Å². The van der Waals surface area contributed by atoms with Crippen molar-refractivity contribution in [3.63, 3.8) is 0 Å². The SMILES string of the molecule is C1=Cc2ccccc2ON1.[B]. The van der Waals surface area contributed by atoms with E-state index in [1.54, 1.807) is 6.20 Å². The first-order valence-electron chi connectivity index (χ1n) is 3.15. The molecule has 0 unspecified atom stereocenters. The Morgan fingerprint density at radius 2 is 2.00 bits per heavy atom. The Hall–Kier alpha value is -1.38. The van der Waals surface area contributed by atoms with Crippen LogP contribution in [0.1, 0.15) is 5.56 Å². The van der Waals surface area contributed by atoms with E-state index in [0.717, 1.165) is 11.3 Å². The first kappa shape index (κ1) is 7.73. The molecule has 1 aliphatic heterocycles. The largest absolute Gasteiger partial charge is 0.382 e. The summed E-state index contributed by atoms with van der Waals surface area (Å²) in [6, 6.07) is 7.86. The van der Waals surface area contributed by atoms with Gasteiger partial charge >= 0.3 is 0 Å². The molecule has 0 saturated carbocycles. The molecule has 0 aliphatic carbocycles. The third-order valence-corrected chi connectivity index (χ3v) is 1.42. The van der Waals surface area contributed by atoms with Crippen LogP contribution >= 0.6 is 0 Å². The van der Waals surface area contributed by atoms with E-state index in [0.29, 0.717) is 0 Å². The first-order chi connectivity index (χ1) is 4.97. The van der Waals surface area contributed by atoms with Gasteiger partial charge in [-0.05, 0) is 12.1 Å². The number of hydroxylamine groups is 1. The van der Waals surface area contributed by atoms with Gasteiger partial charge < -0.3 is 4.84 Å². The lowest BCUT2D eigenvalue weighted by Crippen LogP contribution is -2.13. The zero-order chi connectivity index (χ0) is 6.81. The van der Waals surface area contributed by atoms with Crippen LogP contribution in [0.5, 0.6) is 5.75 Å². The van der Waals surface area contributed by atoms with E-state index < -0.39 is 0 Å². The standard InChI is InChI=1S/C8H7NO.B/c1-2-4-8-7(3-1)5-6-9-10-8;/h1-6,9H;. The van der Waals surface area contributed by atoms with Gasteiger partial charge in [-0.2, -0.15) is 0 Å². The third kappa shape index (κ3) is 1.37. The van der Waals surface area contributed by atoms with E-state index in [1.165, 1.54) is 0 Å². The smallest absolute Gasteiger partial charge is 0.162 e. The summed E-state index contributed by atoms with van der Waals surface area (Å²) in [7, 11) is 0. The Balaban J connectivity index is 0.000000605. The summed E-state index contributed by atoms with van der Waals surface area (Å²) in [5.74, 6) is 0.880. The molecule has 53 valence electrons. The molecule has 0 fully saturated rings. The molecule has 0 aromatic heterocycles. The minimum Gasteiger partial charge on any atom is -0.382 e. The summed E-state index contributed by atoms with van der Waals surface area (Å²) in [5, 5.41) is 0. The van der Waals surface area contributed by atoms with Gasteiger partial charge in [-0.15, -0.1) is 0 Å². The summed E-state index contributed by atoms with van der Waals surface area (Å²) in [6.07, 6.45) is 3.74. The number of para-hydroxylation sites is 1.